The van der Waals surface area contributed by atoms with E-state index in [-0.39, 0.29) is 11.7 Å². The fourth-order valence-electron chi connectivity index (χ4n) is 2.97. The summed E-state index contributed by atoms with van der Waals surface area (Å²) >= 11 is 1.36. The van der Waals surface area contributed by atoms with Crippen molar-refractivity contribution in [1.29, 1.82) is 5.26 Å². The number of aromatic nitrogens is 2. The molecule has 6 heteroatoms. The summed E-state index contributed by atoms with van der Waals surface area (Å²) in [6.45, 7) is 0. The van der Waals surface area contributed by atoms with E-state index in [0.717, 1.165) is 47.9 Å². The SMILES string of the molecule is N#CC1(NC(=O)CSc2nncc3ccccc23)CCCCC1. The van der Waals surface area contributed by atoms with E-state index in [1.54, 1.807) is 6.20 Å². The van der Waals surface area contributed by atoms with Crippen LogP contribution in [0.15, 0.2) is 35.5 Å². The predicted molar refractivity (Wildman–Crippen MR) is 89.8 cm³/mol. The van der Waals surface area contributed by atoms with E-state index >= 15 is 0 Å². The minimum atomic E-state index is -0.680. The van der Waals surface area contributed by atoms with E-state index in [2.05, 4.69) is 21.6 Å². The zero-order chi connectivity index (χ0) is 16.1. The summed E-state index contributed by atoms with van der Waals surface area (Å²) in [6.07, 6.45) is 6.33. The molecule has 1 saturated carbocycles. The van der Waals surface area contributed by atoms with Gasteiger partial charge in [0.1, 0.15) is 10.6 Å². The van der Waals surface area contributed by atoms with E-state index in [0.29, 0.717) is 0 Å². The number of thioether (sulfide) groups is 1. The average molecular weight is 326 g/mol. The molecule has 118 valence electrons. The minimum absolute atomic E-state index is 0.117. The Balaban J connectivity index is 1.65. The summed E-state index contributed by atoms with van der Waals surface area (Å²) < 4.78 is 0. The number of fused-ring (bicyclic) bond motifs is 1. The Hall–Kier alpha value is -2.13. The molecule has 0 bridgehead atoms. The van der Waals surface area contributed by atoms with Gasteiger partial charge in [-0.15, -0.1) is 5.10 Å². The summed E-state index contributed by atoms with van der Waals surface area (Å²) in [6, 6.07) is 10.1. The van der Waals surface area contributed by atoms with E-state index in [4.69, 9.17) is 0 Å². The van der Waals surface area contributed by atoms with Crippen LogP contribution in [0.2, 0.25) is 0 Å². The second kappa shape index (κ2) is 6.97. The van der Waals surface area contributed by atoms with E-state index in [9.17, 15) is 10.1 Å². The van der Waals surface area contributed by atoms with Crippen molar-refractivity contribution in [2.45, 2.75) is 42.7 Å². The lowest BCUT2D eigenvalue weighted by molar-refractivity contribution is -0.120. The van der Waals surface area contributed by atoms with Crippen molar-refractivity contribution in [1.82, 2.24) is 15.5 Å². The number of rotatable bonds is 4. The van der Waals surface area contributed by atoms with Gasteiger partial charge in [0.15, 0.2) is 0 Å². The zero-order valence-electron chi connectivity index (χ0n) is 12.8. The molecule has 0 aliphatic heterocycles. The molecule has 2 aromatic rings. The molecule has 0 spiro atoms. The average Bonchev–Trinajstić information content (AvgIpc) is 2.60. The largest absolute Gasteiger partial charge is 0.337 e. The van der Waals surface area contributed by atoms with Gasteiger partial charge in [0.05, 0.1) is 18.0 Å². The Labute approximate surface area is 139 Å². The maximum absolute atomic E-state index is 12.3. The molecule has 1 aromatic carbocycles. The number of hydrogen-bond donors (Lipinski definition) is 1. The molecular weight excluding hydrogens is 308 g/mol. The van der Waals surface area contributed by atoms with Crippen molar-refractivity contribution in [3.05, 3.63) is 30.5 Å². The Morgan fingerprint density at radius 2 is 2.09 bits per heavy atom. The highest BCUT2D eigenvalue weighted by Gasteiger charge is 2.33. The molecule has 0 saturated heterocycles. The standard InChI is InChI=1S/C17H18N4OS/c18-12-17(8-4-1-5-9-17)20-15(22)11-23-16-14-7-3-2-6-13(14)10-19-21-16/h2-3,6-7,10H,1,4-5,8-9,11H2,(H,20,22). The Morgan fingerprint density at radius 1 is 1.30 bits per heavy atom. The Bertz CT molecular complexity index is 744. The second-order valence-electron chi connectivity index (χ2n) is 5.83. The van der Waals surface area contributed by atoms with Crippen LogP contribution < -0.4 is 5.32 Å². The van der Waals surface area contributed by atoms with Crippen LogP contribution in [0, 0.1) is 11.3 Å². The number of hydrogen-bond acceptors (Lipinski definition) is 5. The Morgan fingerprint density at radius 3 is 2.87 bits per heavy atom. The van der Waals surface area contributed by atoms with Gasteiger partial charge in [-0.1, -0.05) is 55.3 Å². The van der Waals surface area contributed by atoms with Gasteiger partial charge >= 0.3 is 0 Å². The van der Waals surface area contributed by atoms with Gasteiger partial charge in [0.25, 0.3) is 0 Å². The molecule has 1 amide bonds. The first-order valence-electron chi connectivity index (χ1n) is 7.78. The quantitative estimate of drug-likeness (QED) is 0.874. The van der Waals surface area contributed by atoms with Gasteiger partial charge < -0.3 is 5.32 Å². The minimum Gasteiger partial charge on any atom is -0.337 e. The summed E-state index contributed by atoms with van der Waals surface area (Å²) in [5.41, 5.74) is -0.680. The second-order valence-corrected chi connectivity index (χ2v) is 6.79. The fraction of sp³-hybridized carbons (Fsp3) is 0.412. The van der Waals surface area contributed by atoms with Crippen LogP contribution in [0.5, 0.6) is 0 Å². The maximum atomic E-state index is 12.3. The normalized spacial score (nSPS) is 16.7. The van der Waals surface area contributed by atoms with Gasteiger partial charge in [-0.2, -0.15) is 10.4 Å². The third-order valence-corrected chi connectivity index (χ3v) is 5.16. The van der Waals surface area contributed by atoms with Crippen LogP contribution in [0.3, 0.4) is 0 Å². The molecular formula is C17H18N4OS. The van der Waals surface area contributed by atoms with Gasteiger partial charge in [-0.05, 0) is 12.8 Å². The first kappa shape index (κ1) is 15.8. The molecule has 23 heavy (non-hydrogen) atoms. The molecule has 1 N–H and O–H groups in total. The van der Waals surface area contributed by atoms with Gasteiger partial charge in [-0.25, -0.2) is 0 Å². The van der Waals surface area contributed by atoms with E-state index < -0.39 is 5.54 Å². The Kier molecular flexibility index (Phi) is 4.77. The lowest BCUT2D eigenvalue weighted by Gasteiger charge is -2.31. The lowest BCUT2D eigenvalue weighted by Crippen LogP contribution is -2.49. The molecule has 1 aromatic heterocycles. The molecule has 1 heterocycles. The molecule has 1 fully saturated rings. The highest BCUT2D eigenvalue weighted by molar-refractivity contribution is 8.00. The van der Waals surface area contributed by atoms with Crippen molar-refractivity contribution < 1.29 is 4.79 Å². The predicted octanol–water partition coefficient (Wildman–Crippen LogP) is 3.06. The number of nitriles is 1. The van der Waals surface area contributed by atoms with Crippen molar-refractivity contribution in [2.75, 3.05) is 5.75 Å². The summed E-state index contributed by atoms with van der Waals surface area (Å²) in [5.74, 6) is 0.125. The van der Waals surface area contributed by atoms with Crippen LogP contribution in [-0.2, 0) is 4.79 Å². The number of nitrogens with zero attached hydrogens (tertiary/aromatic N) is 3. The zero-order valence-corrected chi connectivity index (χ0v) is 13.6. The molecule has 3 rings (SSSR count). The van der Waals surface area contributed by atoms with Crippen LogP contribution >= 0.6 is 11.8 Å². The fourth-order valence-corrected chi connectivity index (χ4v) is 3.75. The number of amides is 1. The third-order valence-electron chi connectivity index (χ3n) is 4.18. The number of carbonyl (C=O) groups excluding carboxylic acids is 1. The maximum Gasteiger partial charge on any atom is 0.231 e. The molecule has 1 aliphatic carbocycles. The van der Waals surface area contributed by atoms with E-state index in [1.807, 2.05) is 24.3 Å². The van der Waals surface area contributed by atoms with Crippen LogP contribution in [-0.4, -0.2) is 27.4 Å². The van der Waals surface area contributed by atoms with E-state index in [1.165, 1.54) is 11.8 Å². The number of carbonyl (C=O) groups is 1. The van der Waals surface area contributed by atoms with Crippen LogP contribution in [0.1, 0.15) is 32.1 Å². The van der Waals surface area contributed by atoms with Gasteiger partial charge in [0, 0.05) is 10.8 Å². The van der Waals surface area contributed by atoms with Crippen molar-refractivity contribution in [3.8, 4) is 6.07 Å². The van der Waals surface area contributed by atoms with Crippen LogP contribution in [0.4, 0.5) is 0 Å². The lowest BCUT2D eigenvalue weighted by atomic mass is 9.83. The monoisotopic (exact) mass is 326 g/mol. The molecule has 0 unspecified atom stereocenters. The molecule has 0 radical (unpaired) electrons. The molecule has 1 aliphatic rings. The summed E-state index contributed by atoms with van der Waals surface area (Å²) in [7, 11) is 0. The first-order chi connectivity index (χ1) is 11.2. The highest BCUT2D eigenvalue weighted by Crippen LogP contribution is 2.28. The van der Waals surface area contributed by atoms with Crippen molar-refractivity contribution in [2.24, 2.45) is 0 Å². The van der Waals surface area contributed by atoms with Crippen LogP contribution in [0.25, 0.3) is 10.8 Å². The first-order valence-corrected chi connectivity index (χ1v) is 8.76. The number of benzene rings is 1. The van der Waals surface area contributed by atoms with Gasteiger partial charge in [0.2, 0.25) is 5.91 Å². The third kappa shape index (κ3) is 3.62. The molecule has 5 nitrogen and oxygen atoms in total. The topological polar surface area (TPSA) is 78.7 Å². The highest BCUT2D eigenvalue weighted by atomic mass is 32.2. The summed E-state index contributed by atoms with van der Waals surface area (Å²) in [4.78, 5) is 12.3. The smallest absolute Gasteiger partial charge is 0.231 e. The number of nitrogens with one attached hydrogen (secondary N) is 1. The summed E-state index contributed by atoms with van der Waals surface area (Å²) in [5, 5.41) is 23.2. The molecule has 0 atom stereocenters. The van der Waals surface area contributed by atoms with Gasteiger partial charge in [-0.3, -0.25) is 4.79 Å². The van der Waals surface area contributed by atoms with Crippen molar-refractivity contribution >= 4 is 28.4 Å². The van der Waals surface area contributed by atoms with Crippen molar-refractivity contribution in [3.63, 3.8) is 0 Å².